The Kier molecular flexibility index (Phi) is 6.62. The molecule has 0 aliphatic heterocycles. The highest BCUT2D eigenvalue weighted by Crippen LogP contribution is 2.23. The molecule has 134 valence electrons. The highest BCUT2D eigenvalue weighted by molar-refractivity contribution is 7.89. The normalized spacial score (nSPS) is 21.7. The molecule has 1 aromatic carbocycles. The van der Waals surface area contributed by atoms with E-state index in [4.69, 9.17) is 17.3 Å². The summed E-state index contributed by atoms with van der Waals surface area (Å²) in [6.07, 6.45) is 4.07. The van der Waals surface area contributed by atoms with Gasteiger partial charge >= 0.3 is 0 Å². The number of amides is 1. The fourth-order valence-corrected chi connectivity index (χ4v) is 4.26. The lowest BCUT2D eigenvalue weighted by molar-refractivity contribution is -0.122. The Morgan fingerprint density at radius 3 is 2.54 bits per heavy atom. The van der Waals surface area contributed by atoms with Crippen molar-refractivity contribution in [1.82, 2.24) is 9.62 Å². The molecule has 0 spiro atoms. The molecule has 1 saturated carbocycles. The summed E-state index contributed by atoms with van der Waals surface area (Å²) in [5, 5.41) is 3.40. The van der Waals surface area contributed by atoms with Crippen molar-refractivity contribution >= 4 is 27.5 Å². The molecule has 6 nitrogen and oxygen atoms in total. The number of nitrogens with two attached hydrogens (primary N) is 1. The van der Waals surface area contributed by atoms with Crippen molar-refractivity contribution in [2.24, 2.45) is 11.7 Å². The number of nitrogens with one attached hydrogen (secondary N) is 1. The van der Waals surface area contributed by atoms with Crippen LogP contribution in [-0.4, -0.2) is 44.8 Å². The minimum Gasteiger partial charge on any atom is -0.352 e. The Bertz CT molecular complexity index is 664. The molecule has 1 aliphatic carbocycles. The number of hydrogen-bond acceptors (Lipinski definition) is 4. The Labute approximate surface area is 148 Å². The van der Waals surface area contributed by atoms with E-state index < -0.39 is 10.0 Å². The van der Waals surface area contributed by atoms with Crippen LogP contribution in [0.25, 0.3) is 0 Å². The summed E-state index contributed by atoms with van der Waals surface area (Å²) in [6, 6.07) is 5.91. The molecule has 8 heteroatoms. The van der Waals surface area contributed by atoms with Gasteiger partial charge in [0.1, 0.15) is 0 Å². The van der Waals surface area contributed by atoms with Gasteiger partial charge in [0.2, 0.25) is 15.9 Å². The number of benzene rings is 1. The van der Waals surface area contributed by atoms with Crippen molar-refractivity contribution in [3.05, 3.63) is 29.3 Å². The van der Waals surface area contributed by atoms with Gasteiger partial charge in [-0.3, -0.25) is 4.79 Å². The molecule has 0 saturated heterocycles. The first-order chi connectivity index (χ1) is 11.3. The topological polar surface area (TPSA) is 92.5 Å². The number of carbonyl (C=O) groups excluding carboxylic acids is 1. The van der Waals surface area contributed by atoms with Gasteiger partial charge in [0.25, 0.3) is 0 Å². The molecule has 24 heavy (non-hydrogen) atoms. The summed E-state index contributed by atoms with van der Waals surface area (Å²) >= 11 is 5.78. The van der Waals surface area contributed by atoms with E-state index in [0.29, 0.717) is 11.6 Å². The third-order valence-corrected chi connectivity index (χ3v) is 6.52. The van der Waals surface area contributed by atoms with Gasteiger partial charge in [0, 0.05) is 18.1 Å². The largest absolute Gasteiger partial charge is 0.352 e. The smallest absolute Gasteiger partial charge is 0.243 e. The van der Waals surface area contributed by atoms with Crippen LogP contribution in [0.15, 0.2) is 29.2 Å². The van der Waals surface area contributed by atoms with Crippen LogP contribution in [0, 0.1) is 5.92 Å². The third-order valence-electron chi connectivity index (χ3n) is 4.45. The predicted molar refractivity (Wildman–Crippen MR) is 94.2 cm³/mol. The number of likely N-dealkylation sites (N-methyl/N-ethyl adjacent to an activating group) is 1. The van der Waals surface area contributed by atoms with Crippen LogP contribution in [0.4, 0.5) is 0 Å². The molecule has 2 rings (SSSR count). The van der Waals surface area contributed by atoms with Gasteiger partial charge < -0.3 is 11.1 Å². The fourth-order valence-electron chi connectivity index (χ4n) is 3.01. The fraction of sp³-hybridized carbons (Fsp3) is 0.562. The second kappa shape index (κ2) is 8.29. The third kappa shape index (κ3) is 4.69. The number of hydrogen-bond donors (Lipinski definition) is 2. The van der Waals surface area contributed by atoms with Crippen molar-refractivity contribution in [2.45, 2.75) is 36.6 Å². The van der Waals surface area contributed by atoms with E-state index in [1.54, 1.807) is 0 Å². The van der Waals surface area contributed by atoms with Crippen LogP contribution in [0.2, 0.25) is 5.02 Å². The van der Waals surface area contributed by atoms with E-state index in [-0.39, 0.29) is 29.3 Å². The molecule has 0 aromatic heterocycles. The zero-order valence-corrected chi connectivity index (χ0v) is 15.3. The average molecular weight is 374 g/mol. The van der Waals surface area contributed by atoms with Gasteiger partial charge in [-0.05, 0) is 49.6 Å². The van der Waals surface area contributed by atoms with Crippen molar-refractivity contribution < 1.29 is 13.2 Å². The van der Waals surface area contributed by atoms with E-state index in [2.05, 4.69) is 5.32 Å². The maximum Gasteiger partial charge on any atom is 0.243 e. The maximum absolute atomic E-state index is 12.5. The van der Waals surface area contributed by atoms with Gasteiger partial charge in [-0.2, -0.15) is 4.31 Å². The molecule has 1 aliphatic rings. The molecule has 0 radical (unpaired) electrons. The summed E-state index contributed by atoms with van der Waals surface area (Å²) in [7, 11) is -2.33. The molecular formula is C16H24ClN3O3S. The first-order valence-electron chi connectivity index (χ1n) is 8.06. The zero-order chi connectivity index (χ0) is 17.7. The van der Waals surface area contributed by atoms with Crippen LogP contribution in [0.5, 0.6) is 0 Å². The zero-order valence-electron chi connectivity index (χ0n) is 13.7. The lowest BCUT2D eigenvalue weighted by Gasteiger charge is -2.31. The molecule has 2 unspecified atom stereocenters. The van der Waals surface area contributed by atoms with Crippen LogP contribution in [0.1, 0.15) is 25.7 Å². The Hall–Kier alpha value is -1.15. The average Bonchev–Trinajstić information content (AvgIpc) is 2.55. The van der Waals surface area contributed by atoms with Crippen molar-refractivity contribution in [2.75, 3.05) is 20.1 Å². The number of halogens is 1. The van der Waals surface area contributed by atoms with Crippen LogP contribution >= 0.6 is 11.6 Å². The Morgan fingerprint density at radius 1 is 1.29 bits per heavy atom. The van der Waals surface area contributed by atoms with Crippen LogP contribution < -0.4 is 11.1 Å². The van der Waals surface area contributed by atoms with E-state index in [9.17, 15) is 13.2 Å². The number of nitrogens with zero attached hydrogens (tertiary/aromatic N) is 1. The van der Waals surface area contributed by atoms with Gasteiger partial charge in [0.05, 0.1) is 11.4 Å². The molecule has 1 fully saturated rings. The van der Waals surface area contributed by atoms with Crippen molar-refractivity contribution in [3.63, 3.8) is 0 Å². The molecule has 0 heterocycles. The van der Waals surface area contributed by atoms with Crippen molar-refractivity contribution in [1.29, 1.82) is 0 Å². The maximum atomic E-state index is 12.5. The summed E-state index contributed by atoms with van der Waals surface area (Å²) in [5.41, 5.74) is 5.76. The van der Waals surface area contributed by atoms with Gasteiger partial charge in [0.15, 0.2) is 0 Å². The summed E-state index contributed by atoms with van der Waals surface area (Å²) in [5.74, 6) is -0.0405. The van der Waals surface area contributed by atoms with E-state index in [0.717, 1.165) is 30.0 Å². The molecular weight excluding hydrogens is 350 g/mol. The molecule has 1 amide bonds. The summed E-state index contributed by atoms with van der Waals surface area (Å²) in [6.45, 7) is 0.308. The second-order valence-corrected chi connectivity index (χ2v) is 8.65. The summed E-state index contributed by atoms with van der Waals surface area (Å²) in [4.78, 5) is 12.3. The highest BCUT2D eigenvalue weighted by Gasteiger charge is 2.27. The first kappa shape index (κ1) is 19.2. The minimum atomic E-state index is -3.72. The number of carbonyl (C=O) groups is 1. The van der Waals surface area contributed by atoms with Crippen LogP contribution in [0.3, 0.4) is 0 Å². The highest BCUT2D eigenvalue weighted by atomic mass is 35.5. The molecule has 2 atom stereocenters. The van der Waals surface area contributed by atoms with Gasteiger partial charge in [-0.25, -0.2) is 8.42 Å². The van der Waals surface area contributed by atoms with E-state index in [1.807, 2.05) is 0 Å². The van der Waals surface area contributed by atoms with Gasteiger partial charge in [-0.15, -0.1) is 0 Å². The SMILES string of the molecule is CN(CC(=O)NC1CCCCC1CN)S(=O)(=O)c1ccc(Cl)cc1. The Balaban J connectivity index is 1.98. The van der Waals surface area contributed by atoms with Crippen molar-refractivity contribution in [3.8, 4) is 0 Å². The number of rotatable bonds is 6. The molecule has 3 N–H and O–H groups in total. The van der Waals surface area contributed by atoms with Crippen LogP contribution in [-0.2, 0) is 14.8 Å². The molecule has 1 aromatic rings. The lowest BCUT2D eigenvalue weighted by Crippen LogP contribution is -2.48. The van der Waals surface area contributed by atoms with Gasteiger partial charge in [-0.1, -0.05) is 24.4 Å². The lowest BCUT2D eigenvalue weighted by atomic mass is 9.84. The minimum absolute atomic E-state index is 0.0304. The Morgan fingerprint density at radius 2 is 1.92 bits per heavy atom. The second-order valence-electron chi connectivity index (χ2n) is 6.17. The number of sulfonamides is 1. The predicted octanol–water partition coefficient (Wildman–Crippen LogP) is 1.59. The molecule has 0 bridgehead atoms. The quantitative estimate of drug-likeness (QED) is 0.792. The monoisotopic (exact) mass is 373 g/mol. The first-order valence-corrected chi connectivity index (χ1v) is 9.87. The standard InChI is InChI=1S/C16H24ClN3O3S/c1-20(24(22,23)14-8-6-13(17)7-9-14)11-16(21)19-15-5-3-2-4-12(15)10-18/h6-9,12,15H,2-5,10-11,18H2,1H3,(H,19,21). The summed E-state index contributed by atoms with van der Waals surface area (Å²) < 4.78 is 26.0. The van der Waals surface area contributed by atoms with E-state index in [1.165, 1.54) is 31.3 Å². The van der Waals surface area contributed by atoms with E-state index >= 15 is 0 Å².